The first kappa shape index (κ1) is 15.1. The van der Waals surface area contributed by atoms with E-state index >= 15 is 0 Å². The van der Waals surface area contributed by atoms with Gasteiger partial charge >= 0.3 is 0 Å². The Balaban J connectivity index is 1.58. The van der Waals surface area contributed by atoms with Crippen molar-refractivity contribution in [3.8, 4) is 11.3 Å². The van der Waals surface area contributed by atoms with Gasteiger partial charge in [-0.2, -0.15) is 0 Å². The molecule has 122 valence electrons. The summed E-state index contributed by atoms with van der Waals surface area (Å²) in [4.78, 5) is 17.1. The molecule has 1 aliphatic heterocycles. The lowest BCUT2D eigenvalue weighted by Crippen LogP contribution is -2.12. The number of hydrogen-bond acceptors (Lipinski definition) is 4. The first-order valence-electron chi connectivity index (χ1n) is 7.79. The van der Waals surface area contributed by atoms with Crippen molar-refractivity contribution in [2.45, 2.75) is 25.5 Å². The summed E-state index contributed by atoms with van der Waals surface area (Å²) < 4.78 is 7.59. The highest BCUT2D eigenvalue weighted by Crippen LogP contribution is 2.30. The van der Waals surface area contributed by atoms with Crippen LogP contribution >= 0.6 is 11.8 Å². The minimum atomic E-state index is -0.163. The number of nitrogens with one attached hydrogen (secondary N) is 1. The van der Waals surface area contributed by atoms with Crippen LogP contribution in [0.3, 0.4) is 0 Å². The van der Waals surface area contributed by atoms with Crippen LogP contribution < -0.4 is 5.32 Å². The molecule has 0 radical (unpaired) electrons. The lowest BCUT2D eigenvalue weighted by atomic mass is 10.1. The van der Waals surface area contributed by atoms with Gasteiger partial charge in [0.15, 0.2) is 5.16 Å². The number of amides is 1. The number of carbonyl (C=O) groups is 1. The molecule has 1 aliphatic rings. The van der Waals surface area contributed by atoms with Crippen molar-refractivity contribution in [1.29, 1.82) is 0 Å². The Kier molecular flexibility index (Phi) is 3.69. The number of fused-ring (bicyclic) bond motifs is 1. The zero-order valence-electron chi connectivity index (χ0n) is 13.5. The third-order valence-electron chi connectivity index (χ3n) is 4.01. The molecule has 1 N–H and O–H groups in total. The highest BCUT2D eigenvalue weighted by atomic mass is 32.2. The Morgan fingerprint density at radius 1 is 1.33 bits per heavy atom. The molecule has 2 aromatic heterocycles. The second-order valence-corrected chi connectivity index (χ2v) is 6.87. The molecule has 5 nitrogen and oxygen atoms in total. The van der Waals surface area contributed by atoms with Gasteiger partial charge in [-0.3, -0.25) is 4.79 Å². The van der Waals surface area contributed by atoms with Crippen LogP contribution in [-0.4, -0.2) is 21.2 Å². The van der Waals surface area contributed by atoms with Crippen molar-refractivity contribution < 1.29 is 9.21 Å². The molecule has 0 unspecified atom stereocenters. The maximum Gasteiger partial charge on any atom is 0.259 e. The van der Waals surface area contributed by atoms with Crippen LogP contribution in [0.15, 0.2) is 46.1 Å². The van der Waals surface area contributed by atoms with E-state index in [1.807, 2.05) is 31.2 Å². The normalized spacial score (nSPS) is 13.1. The molecule has 0 fully saturated rings. The van der Waals surface area contributed by atoms with Gasteiger partial charge in [-0.05, 0) is 32.0 Å². The lowest BCUT2D eigenvalue weighted by molar-refractivity contribution is 0.102. The summed E-state index contributed by atoms with van der Waals surface area (Å²) in [7, 11) is 0. The predicted molar refractivity (Wildman–Crippen MR) is 94.5 cm³/mol. The number of anilines is 1. The second kappa shape index (κ2) is 5.87. The summed E-state index contributed by atoms with van der Waals surface area (Å²) in [5.41, 5.74) is 3.24. The zero-order valence-corrected chi connectivity index (χ0v) is 14.3. The SMILES string of the molecule is Cc1cc(C(=O)Nc2cccc(-c3cn4c(n3)SCC4)c2)c(C)o1. The topological polar surface area (TPSA) is 60.1 Å². The van der Waals surface area contributed by atoms with Crippen molar-refractivity contribution in [3.05, 3.63) is 53.6 Å². The fraction of sp³-hybridized carbons (Fsp3) is 0.222. The number of furan rings is 1. The molecular weight excluding hydrogens is 322 g/mol. The third kappa shape index (κ3) is 2.73. The van der Waals surface area contributed by atoms with Gasteiger partial charge in [-0.25, -0.2) is 4.98 Å². The molecule has 3 heterocycles. The predicted octanol–water partition coefficient (Wildman–Crippen LogP) is 4.12. The van der Waals surface area contributed by atoms with Crippen LogP contribution in [-0.2, 0) is 6.54 Å². The van der Waals surface area contributed by atoms with Gasteiger partial charge in [-0.1, -0.05) is 23.9 Å². The van der Waals surface area contributed by atoms with Crippen LogP contribution in [0.5, 0.6) is 0 Å². The van der Waals surface area contributed by atoms with Crippen molar-refractivity contribution in [2.24, 2.45) is 0 Å². The Morgan fingerprint density at radius 2 is 2.21 bits per heavy atom. The standard InChI is InChI=1S/C18H17N3O2S/c1-11-8-15(12(2)23-11)17(22)19-14-5-3-4-13(9-14)16-10-21-6-7-24-18(21)20-16/h3-5,8-10H,6-7H2,1-2H3,(H,19,22). The van der Waals surface area contributed by atoms with Gasteiger partial charge in [0, 0.05) is 29.7 Å². The van der Waals surface area contributed by atoms with E-state index in [1.54, 1.807) is 24.8 Å². The zero-order chi connectivity index (χ0) is 16.7. The average molecular weight is 339 g/mol. The molecule has 3 aromatic rings. The minimum Gasteiger partial charge on any atom is -0.466 e. The lowest BCUT2D eigenvalue weighted by Gasteiger charge is -2.06. The van der Waals surface area contributed by atoms with E-state index in [0.717, 1.165) is 40.2 Å². The summed E-state index contributed by atoms with van der Waals surface area (Å²) in [6.45, 7) is 4.63. The summed E-state index contributed by atoms with van der Waals surface area (Å²) in [5, 5.41) is 3.99. The van der Waals surface area contributed by atoms with E-state index in [2.05, 4.69) is 21.1 Å². The first-order chi connectivity index (χ1) is 11.6. The van der Waals surface area contributed by atoms with Crippen molar-refractivity contribution >= 4 is 23.4 Å². The van der Waals surface area contributed by atoms with E-state index < -0.39 is 0 Å². The van der Waals surface area contributed by atoms with Gasteiger partial charge < -0.3 is 14.3 Å². The minimum absolute atomic E-state index is 0.163. The maximum absolute atomic E-state index is 12.4. The fourth-order valence-electron chi connectivity index (χ4n) is 2.86. The first-order valence-corrected chi connectivity index (χ1v) is 8.77. The van der Waals surface area contributed by atoms with Crippen LogP contribution in [0.4, 0.5) is 5.69 Å². The van der Waals surface area contributed by atoms with Crippen molar-refractivity contribution in [2.75, 3.05) is 11.1 Å². The van der Waals surface area contributed by atoms with Crippen LogP contribution in [0.25, 0.3) is 11.3 Å². The Hall–Kier alpha value is -2.47. The maximum atomic E-state index is 12.4. The van der Waals surface area contributed by atoms with Gasteiger partial charge in [0.1, 0.15) is 11.5 Å². The van der Waals surface area contributed by atoms with Crippen LogP contribution in [0, 0.1) is 13.8 Å². The molecule has 0 saturated carbocycles. The van der Waals surface area contributed by atoms with Crippen LogP contribution in [0.2, 0.25) is 0 Å². The largest absolute Gasteiger partial charge is 0.466 e. The number of benzene rings is 1. The molecule has 4 rings (SSSR count). The molecule has 24 heavy (non-hydrogen) atoms. The molecule has 1 amide bonds. The molecular formula is C18H17N3O2S. The number of hydrogen-bond donors (Lipinski definition) is 1. The van der Waals surface area contributed by atoms with Gasteiger partial charge in [0.2, 0.25) is 0 Å². The molecule has 1 aromatic carbocycles. The Bertz CT molecular complexity index is 905. The number of aryl methyl sites for hydroxylation is 3. The fourth-order valence-corrected chi connectivity index (χ4v) is 3.80. The number of thioether (sulfide) groups is 1. The number of carbonyl (C=O) groups excluding carboxylic acids is 1. The van der Waals surface area contributed by atoms with Gasteiger partial charge in [0.25, 0.3) is 5.91 Å². The summed E-state index contributed by atoms with van der Waals surface area (Å²) in [6.07, 6.45) is 2.07. The number of imidazole rings is 1. The average Bonchev–Trinajstić information content (AvgIpc) is 3.21. The third-order valence-corrected chi connectivity index (χ3v) is 4.98. The van der Waals surface area contributed by atoms with E-state index in [1.165, 1.54) is 0 Å². The number of nitrogens with zero attached hydrogens (tertiary/aromatic N) is 2. The van der Waals surface area contributed by atoms with Crippen molar-refractivity contribution in [3.63, 3.8) is 0 Å². The smallest absolute Gasteiger partial charge is 0.259 e. The highest BCUT2D eigenvalue weighted by Gasteiger charge is 2.16. The quantitative estimate of drug-likeness (QED) is 0.780. The van der Waals surface area contributed by atoms with E-state index in [0.29, 0.717) is 11.3 Å². The molecule has 6 heteroatoms. The second-order valence-electron chi connectivity index (χ2n) is 5.81. The summed E-state index contributed by atoms with van der Waals surface area (Å²) in [5.74, 6) is 2.28. The molecule has 0 atom stereocenters. The Labute approximate surface area is 144 Å². The number of aromatic nitrogens is 2. The van der Waals surface area contributed by atoms with Gasteiger partial charge in [-0.15, -0.1) is 0 Å². The van der Waals surface area contributed by atoms with Crippen molar-refractivity contribution in [1.82, 2.24) is 9.55 Å². The molecule has 0 aliphatic carbocycles. The van der Waals surface area contributed by atoms with E-state index in [9.17, 15) is 4.79 Å². The molecule has 0 bridgehead atoms. The monoisotopic (exact) mass is 339 g/mol. The van der Waals surface area contributed by atoms with Gasteiger partial charge in [0.05, 0.1) is 11.3 Å². The van der Waals surface area contributed by atoms with E-state index in [-0.39, 0.29) is 5.91 Å². The summed E-state index contributed by atoms with van der Waals surface area (Å²) >= 11 is 1.77. The van der Waals surface area contributed by atoms with E-state index in [4.69, 9.17) is 4.42 Å². The molecule has 0 saturated heterocycles. The summed E-state index contributed by atoms with van der Waals surface area (Å²) in [6, 6.07) is 9.51. The molecule has 0 spiro atoms. The van der Waals surface area contributed by atoms with Crippen LogP contribution in [0.1, 0.15) is 21.9 Å². The highest BCUT2D eigenvalue weighted by molar-refractivity contribution is 7.99. The number of rotatable bonds is 3. The Morgan fingerprint density at radius 3 is 2.96 bits per heavy atom.